The van der Waals surface area contributed by atoms with Gasteiger partial charge in [0, 0.05) is 11.7 Å². The van der Waals surface area contributed by atoms with Crippen LogP contribution in [0.2, 0.25) is 0 Å². The minimum Gasteiger partial charge on any atom is -0.382 e. The second kappa shape index (κ2) is 5.35. The molecule has 1 aliphatic rings. The summed E-state index contributed by atoms with van der Waals surface area (Å²) in [4.78, 5) is 0. The van der Waals surface area contributed by atoms with Gasteiger partial charge >= 0.3 is 0 Å². The first kappa shape index (κ1) is 11.5. The lowest BCUT2D eigenvalue weighted by atomic mass is 10.0. The molecule has 0 spiro atoms. The van der Waals surface area contributed by atoms with Crippen LogP contribution < -0.4 is 10.6 Å². The van der Waals surface area contributed by atoms with E-state index in [1.54, 1.807) is 0 Å². The molecule has 88 valence electrons. The minimum absolute atomic E-state index is 0.606. The zero-order valence-corrected chi connectivity index (χ0v) is 10.3. The van der Waals surface area contributed by atoms with E-state index in [-0.39, 0.29) is 0 Å². The highest BCUT2D eigenvalue weighted by molar-refractivity contribution is 5.47. The van der Waals surface area contributed by atoms with Crippen molar-refractivity contribution in [2.75, 3.05) is 18.4 Å². The number of benzene rings is 1. The summed E-state index contributed by atoms with van der Waals surface area (Å²) in [6.07, 6.45) is 2.46. The Kier molecular flexibility index (Phi) is 3.83. The summed E-state index contributed by atoms with van der Waals surface area (Å²) in [5.41, 5.74) is 2.69. The zero-order valence-electron chi connectivity index (χ0n) is 10.3. The van der Waals surface area contributed by atoms with Gasteiger partial charge in [-0.3, -0.25) is 0 Å². The molecule has 2 N–H and O–H groups in total. The first-order valence-electron chi connectivity index (χ1n) is 6.33. The molecule has 2 heteroatoms. The summed E-state index contributed by atoms with van der Waals surface area (Å²) in [6.45, 7) is 6.76. The molecule has 2 rings (SSSR count). The predicted molar refractivity (Wildman–Crippen MR) is 70.0 cm³/mol. The summed E-state index contributed by atoms with van der Waals surface area (Å²) in [5.74, 6) is 0.606. The Morgan fingerprint density at radius 3 is 2.69 bits per heavy atom. The van der Waals surface area contributed by atoms with E-state index >= 15 is 0 Å². The van der Waals surface area contributed by atoms with Gasteiger partial charge in [-0.2, -0.15) is 0 Å². The van der Waals surface area contributed by atoms with Gasteiger partial charge in [0.05, 0.1) is 0 Å². The highest BCUT2D eigenvalue weighted by Crippen LogP contribution is 2.20. The number of anilines is 1. The summed E-state index contributed by atoms with van der Waals surface area (Å²) >= 11 is 0. The highest BCUT2D eigenvalue weighted by atomic mass is 15.0. The Morgan fingerprint density at radius 2 is 2.00 bits per heavy atom. The molecule has 0 unspecified atom stereocenters. The Bertz CT molecular complexity index is 327. The summed E-state index contributed by atoms with van der Waals surface area (Å²) in [6, 6.07) is 9.46. The van der Waals surface area contributed by atoms with Crippen molar-refractivity contribution in [1.82, 2.24) is 5.32 Å². The lowest BCUT2D eigenvalue weighted by Crippen LogP contribution is -2.35. The van der Waals surface area contributed by atoms with Gasteiger partial charge in [0.2, 0.25) is 0 Å². The van der Waals surface area contributed by atoms with Gasteiger partial charge in [0.1, 0.15) is 0 Å². The monoisotopic (exact) mass is 218 g/mol. The van der Waals surface area contributed by atoms with Crippen LogP contribution >= 0.6 is 0 Å². The second-order valence-electron chi connectivity index (χ2n) is 4.95. The van der Waals surface area contributed by atoms with E-state index in [9.17, 15) is 0 Å². The molecule has 0 amide bonds. The van der Waals surface area contributed by atoms with Crippen molar-refractivity contribution in [1.29, 1.82) is 0 Å². The molecule has 0 aromatic heterocycles. The quantitative estimate of drug-likeness (QED) is 0.815. The van der Waals surface area contributed by atoms with Crippen LogP contribution in [-0.4, -0.2) is 19.1 Å². The molecule has 1 aromatic rings. The molecule has 1 aliphatic heterocycles. The van der Waals surface area contributed by atoms with E-state index in [0.717, 1.165) is 13.1 Å². The molecule has 16 heavy (non-hydrogen) atoms. The predicted octanol–water partition coefficient (Wildman–Crippen LogP) is 2.97. The Labute approximate surface area is 98.4 Å². The average molecular weight is 218 g/mol. The van der Waals surface area contributed by atoms with Gasteiger partial charge in [-0.25, -0.2) is 0 Å². The van der Waals surface area contributed by atoms with Crippen LogP contribution in [0.1, 0.15) is 38.2 Å². The van der Waals surface area contributed by atoms with Crippen molar-refractivity contribution < 1.29 is 0 Å². The number of hydrogen-bond acceptors (Lipinski definition) is 2. The normalized spacial score (nSPS) is 17.7. The van der Waals surface area contributed by atoms with Crippen LogP contribution in [0.4, 0.5) is 5.69 Å². The van der Waals surface area contributed by atoms with Gasteiger partial charge in [-0.05, 0) is 49.5 Å². The van der Waals surface area contributed by atoms with Crippen molar-refractivity contribution in [3.8, 4) is 0 Å². The van der Waals surface area contributed by atoms with Crippen LogP contribution in [-0.2, 0) is 0 Å². The lowest BCUT2D eigenvalue weighted by molar-refractivity contribution is 0.479. The number of piperidine rings is 1. The fraction of sp³-hybridized carbons (Fsp3) is 0.571. The number of hydrogen-bond donors (Lipinski definition) is 2. The molecule has 0 atom stereocenters. The highest BCUT2D eigenvalue weighted by Gasteiger charge is 2.12. The van der Waals surface area contributed by atoms with Gasteiger partial charge < -0.3 is 10.6 Å². The molecular formula is C14H22N2. The van der Waals surface area contributed by atoms with Gasteiger partial charge in [-0.1, -0.05) is 26.0 Å². The molecular weight excluding hydrogens is 196 g/mol. The number of rotatable bonds is 3. The van der Waals surface area contributed by atoms with Crippen LogP contribution in [0.15, 0.2) is 24.3 Å². The molecule has 0 saturated carbocycles. The van der Waals surface area contributed by atoms with Gasteiger partial charge in [0.15, 0.2) is 0 Å². The van der Waals surface area contributed by atoms with E-state index in [0.29, 0.717) is 12.0 Å². The van der Waals surface area contributed by atoms with E-state index in [1.807, 2.05) is 0 Å². The topological polar surface area (TPSA) is 24.1 Å². The SMILES string of the molecule is CC(C)c1cccc(NC2CCNCC2)c1. The smallest absolute Gasteiger partial charge is 0.0345 e. The van der Waals surface area contributed by atoms with E-state index in [2.05, 4.69) is 48.7 Å². The third-order valence-corrected chi connectivity index (χ3v) is 3.26. The first-order chi connectivity index (χ1) is 7.75. The van der Waals surface area contributed by atoms with Gasteiger partial charge in [0.25, 0.3) is 0 Å². The zero-order chi connectivity index (χ0) is 11.4. The minimum atomic E-state index is 0.606. The molecule has 0 aliphatic carbocycles. The summed E-state index contributed by atoms with van der Waals surface area (Å²) in [7, 11) is 0. The van der Waals surface area contributed by atoms with Crippen LogP contribution in [0.3, 0.4) is 0 Å². The maximum atomic E-state index is 3.64. The third kappa shape index (κ3) is 2.99. The fourth-order valence-electron chi connectivity index (χ4n) is 2.19. The third-order valence-electron chi connectivity index (χ3n) is 3.26. The molecule has 1 fully saturated rings. The van der Waals surface area contributed by atoms with E-state index in [1.165, 1.54) is 24.1 Å². The summed E-state index contributed by atoms with van der Waals surface area (Å²) < 4.78 is 0. The van der Waals surface area contributed by atoms with Crippen LogP contribution in [0.25, 0.3) is 0 Å². The van der Waals surface area contributed by atoms with Gasteiger partial charge in [-0.15, -0.1) is 0 Å². The van der Waals surface area contributed by atoms with Crippen molar-refractivity contribution in [2.45, 2.75) is 38.6 Å². The van der Waals surface area contributed by atoms with Crippen LogP contribution in [0.5, 0.6) is 0 Å². The van der Waals surface area contributed by atoms with Crippen molar-refractivity contribution in [2.24, 2.45) is 0 Å². The van der Waals surface area contributed by atoms with E-state index in [4.69, 9.17) is 0 Å². The van der Waals surface area contributed by atoms with Crippen LogP contribution in [0, 0.1) is 0 Å². The maximum absolute atomic E-state index is 3.64. The van der Waals surface area contributed by atoms with Crippen molar-refractivity contribution >= 4 is 5.69 Å². The van der Waals surface area contributed by atoms with E-state index < -0.39 is 0 Å². The summed E-state index contributed by atoms with van der Waals surface area (Å²) in [5, 5.41) is 7.03. The molecule has 2 nitrogen and oxygen atoms in total. The Balaban J connectivity index is 2.00. The number of nitrogens with one attached hydrogen (secondary N) is 2. The molecule has 1 saturated heterocycles. The average Bonchev–Trinajstić information content (AvgIpc) is 2.30. The second-order valence-corrected chi connectivity index (χ2v) is 4.95. The largest absolute Gasteiger partial charge is 0.382 e. The Morgan fingerprint density at radius 1 is 1.25 bits per heavy atom. The standard InChI is InChI=1S/C14H22N2/c1-11(2)12-4-3-5-14(10-12)16-13-6-8-15-9-7-13/h3-5,10-11,13,15-16H,6-9H2,1-2H3. The molecule has 1 aromatic carbocycles. The first-order valence-corrected chi connectivity index (χ1v) is 6.33. The van der Waals surface area contributed by atoms with Crippen molar-refractivity contribution in [3.05, 3.63) is 29.8 Å². The van der Waals surface area contributed by atoms with Crippen molar-refractivity contribution in [3.63, 3.8) is 0 Å². The fourth-order valence-corrected chi connectivity index (χ4v) is 2.19. The molecule has 0 bridgehead atoms. The maximum Gasteiger partial charge on any atom is 0.0345 e. The Hall–Kier alpha value is -1.02. The molecule has 0 radical (unpaired) electrons. The molecule has 1 heterocycles. The lowest BCUT2D eigenvalue weighted by Gasteiger charge is -2.25.